The van der Waals surface area contributed by atoms with Gasteiger partial charge in [-0.2, -0.15) is 5.10 Å². The van der Waals surface area contributed by atoms with Crippen molar-refractivity contribution in [1.82, 2.24) is 24.9 Å². The van der Waals surface area contributed by atoms with Crippen LogP contribution in [0.4, 0.5) is 10.6 Å². The number of ether oxygens (including phenoxy) is 1. The van der Waals surface area contributed by atoms with Crippen molar-refractivity contribution in [2.75, 3.05) is 25.0 Å². The molecule has 0 aliphatic carbocycles. The van der Waals surface area contributed by atoms with Crippen molar-refractivity contribution in [2.45, 2.75) is 45.8 Å². The van der Waals surface area contributed by atoms with Crippen LogP contribution in [-0.4, -0.2) is 50.6 Å². The Hall–Kier alpha value is -2.42. The number of aryl methyl sites for hydroxylation is 1. The van der Waals surface area contributed by atoms with Gasteiger partial charge in [0.25, 0.3) is 0 Å². The minimum absolute atomic E-state index is 0.156. The molecule has 1 atom stereocenters. The van der Waals surface area contributed by atoms with Gasteiger partial charge in [-0.25, -0.2) is 9.48 Å². The molecule has 0 aromatic carbocycles. The van der Waals surface area contributed by atoms with Gasteiger partial charge in [-0.3, -0.25) is 5.32 Å². The number of urea groups is 1. The fourth-order valence-corrected chi connectivity index (χ4v) is 2.61. The average Bonchev–Trinajstić information content (AvgIpc) is 3.25. The van der Waals surface area contributed by atoms with E-state index >= 15 is 0 Å². The molecule has 1 N–H and O–H groups in total. The zero-order chi connectivity index (χ0) is 17.8. The van der Waals surface area contributed by atoms with Gasteiger partial charge < -0.3 is 14.1 Å². The van der Waals surface area contributed by atoms with E-state index in [0.29, 0.717) is 37.3 Å². The molecule has 0 bridgehead atoms. The number of aromatic nitrogens is 4. The van der Waals surface area contributed by atoms with Gasteiger partial charge in [0, 0.05) is 25.1 Å². The summed E-state index contributed by atoms with van der Waals surface area (Å²) in [4.78, 5) is 14.3. The summed E-state index contributed by atoms with van der Waals surface area (Å²) in [6, 6.07) is 1.60. The second-order valence-electron chi connectivity index (χ2n) is 6.31. The normalized spacial score (nSPS) is 17.9. The fraction of sp³-hybridized carbons (Fsp3) is 0.625. The van der Waals surface area contributed by atoms with Crippen LogP contribution >= 0.6 is 0 Å². The van der Waals surface area contributed by atoms with Gasteiger partial charge in [0.2, 0.25) is 11.8 Å². The Labute approximate surface area is 146 Å². The second kappa shape index (κ2) is 7.64. The van der Waals surface area contributed by atoms with Crippen LogP contribution in [-0.2, 0) is 11.3 Å². The van der Waals surface area contributed by atoms with Crippen molar-refractivity contribution >= 4 is 11.8 Å². The predicted molar refractivity (Wildman–Crippen MR) is 90.2 cm³/mol. The molecule has 1 saturated heterocycles. The number of carbonyl (C=O) groups is 1. The molecule has 3 heterocycles. The first kappa shape index (κ1) is 17.4. The maximum absolute atomic E-state index is 12.6. The molecular weight excluding hydrogens is 324 g/mol. The second-order valence-corrected chi connectivity index (χ2v) is 6.31. The molecule has 0 radical (unpaired) electrons. The first-order valence-corrected chi connectivity index (χ1v) is 8.61. The molecular formula is C16H24N6O3. The molecule has 2 amide bonds. The smallest absolute Gasteiger partial charge is 0.323 e. The van der Waals surface area contributed by atoms with E-state index in [0.717, 1.165) is 13.0 Å². The first-order chi connectivity index (χ1) is 12.1. The van der Waals surface area contributed by atoms with Gasteiger partial charge in [0.1, 0.15) is 5.82 Å². The Kier molecular flexibility index (Phi) is 5.32. The topological polar surface area (TPSA) is 98.3 Å². The fourth-order valence-electron chi connectivity index (χ4n) is 2.61. The van der Waals surface area contributed by atoms with Gasteiger partial charge in [0.15, 0.2) is 6.10 Å². The molecule has 1 fully saturated rings. The lowest BCUT2D eigenvalue weighted by atomic mass is 10.2. The Morgan fingerprint density at radius 2 is 2.28 bits per heavy atom. The quantitative estimate of drug-likeness (QED) is 0.891. The number of hydrogen-bond donors (Lipinski definition) is 1. The number of nitrogens with zero attached hydrogens (tertiary/aromatic N) is 5. The van der Waals surface area contributed by atoms with Gasteiger partial charge >= 0.3 is 6.03 Å². The molecule has 1 aliphatic heterocycles. The van der Waals surface area contributed by atoms with Gasteiger partial charge in [-0.05, 0) is 6.42 Å². The van der Waals surface area contributed by atoms with E-state index in [4.69, 9.17) is 9.15 Å². The summed E-state index contributed by atoms with van der Waals surface area (Å²) in [5.74, 6) is 1.83. The summed E-state index contributed by atoms with van der Waals surface area (Å²) in [6.45, 7) is 8.09. The molecule has 2 aromatic rings. The lowest BCUT2D eigenvalue weighted by molar-refractivity contribution is -0.0276. The van der Waals surface area contributed by atoms with Crippen LogP contribution in [0, 0.1) is 0 Å². The predicted octanol–water partition coefficient (Wildman–Crippen LogP) is 2.40. The maximum atomic E-state index is 12.6. The minimum Gasteiger partial charge on any atom is -0.422 e. The average molecular weight is 348 g/mol. The molecule has 9 heteroatoms. The van der Waals surface area contributed by atoms with Crippen molar-refractivity contribution in [1.29, 1.82) is 0 Å². The van der Waals surface area contributed by atoms with E-state index in [2.05, 4.69) is 27.5 Å². The number of rotatable bonds is 5. The summed E-state index contributed by atoms with van der Waals surface area (Å²) in [5.41, 5.74) is 0. The standard InChI is InChI=1S/C16H24N6O3/c1-4-7-22-13(5-6-17-22)18-16(23)21-8-9-24-12(10-21)15-20-19-14(25-15)11(2)3/h5-6,11-12H,4,7-10H2,1-3H3,(H,18,23). The largest absolute Gasteiger partial charge is 0.422 e. The molecule has 3 rings (SSSR count). The van der Waals surface area contributed by atoms with E-state index in [9.17, 15) is 4.79 Å². The molecule has 0 spiro atoms. The van der Waals surface area contributed by atoms with Gasteiger partial charge in [-0.15, -0.1) is 10.2 Å². The van der Waals surface area contributed by atoms with Crippen molar-refractivity contribution in [3.63, 3.8) is 0 Å². The van der Waals surface area contributed by atoms with Crippen LogP contribution < -0.4 is 5.32 Å². The zero-order valence-corrected chi connectivity index (χ0v) is 14.8. The number of anilines is 1. The number of carbonyl (C=O) groups excluding carboxylic acids is 1. The third kappa shape index (κ3) is 3.98. The Morgan fingerprint density at radius 3 is 3.00 bits per heavy atom. The van der Waals surface area contributed by atoms with Crippen molar-refractivity contribution in [3.8, 4) is 0 Å². The van der Waals surface area contributed by atoms with Crippen molar-refractivity contribution in [2.24, 2.45) is 0 Å². The first-order valence-electron chi connectivity index (χ1n) is 8.61. The lowest BCUT2D eigenvalue weighted by Gasteiger charge is -2.31. The Bertz CT molecular complexity index is 710. The third-order valence-electron chi connectivity index (χ3n) is 3.97. The van der Waals surface area contributed by atoms with Crippen LogP contribution in [0.3, 0.4) is 0 Å². The molecule has 25 heavy (non-hydrogen) atoms. The molecule has 136 valence electrons. The van der Waals surface area contributed by atoms with E-state index in [-0.39, 0.29) is 11.9 Å². The van der Waals surface area contributed by atoms with E-state index in [1.165, 1.54) is 0 Å². The van der Waals surface area contributed by atoms with Gasteiger partial charge in [0.05, 0.1) is 19.3 Å². The highest BCUT2D eigenvalue weighted by Gasteiger charge is 2.29. The number of amides is 2. The molecule has 2 aromatic heterocycles. The van der Waals surface area contributed by atoms with Crippen molar-refractivity contribution < 1.29 is 13.9 Å². The van der Waals surface area contributed by atoms with Crippen LogP contribution in [0.1, 0.15) is 51.0 Å². The summed E-state index contributed by atoms with van der Waals surface area (Å²) in [6.07, 6.45) is 2.22. The zero-order valence-electron chi connectivity index (χ0n) is 14.8. The van der Waals surface area contributed by atoms with Crippen LogP contribution in [0.25, 0.3) is 0 Å². The van der Waals surface area contributed by atoms with E-state index in [1.54, 1.807) is 21.8 Å². The summed E-state index contributed by atoms with van der Waals surface area (Å²) < 4.78 is 13.1. The van der Waals surface area contributed by atoms with Crippen LogP contribution in [0.15, 0.2) is 16.7 Å². The summed E-state index contributed by atoms with van der Waals surface area (Å²) in [7, 11) is 0. The Balaban J connectivity index is 1.64. The number of morpholine rings is 1. The molecule has 9 nitrogen and oxygen atoms in total. The minimum atomic E-state index is -0.403. The molecule has 1 unspecified atom stereocenters. The number of hydrogen-bond acceptors (Lipinski definition) is 6. The highest BCUT2D eigenvalue weighted by atomic mass is 16.5. The molecule has 0 saturated carbocycles. The summed E-state index contributed by atoms with van der Waals surface area (Å²) in [5, 5.41) is 15.2. The van der Waals surface area contributed by atoms with Crippen molar-refractivity contribution in [3.05, 3.63) is 24.0 Å². The summed E-state index contributed by atoms with van der Waals surface area (Å²) >= 11 is 0. The van der Waals surface area contributed by atoms with E-state index < -0.39 is 6.10 Å². The van der Waals surface area contributed by atoms with E-state index in [1.807, 2.05) is 13.8 Å². The highest BCUT2D eigenvalue weighted by molar-refractivity contribution is 5.88. The lowest BCUT2D eigenvalue weighted by Crippen LogP contribution is -2.44. The molecule has 1 aliphatic rings. The number of nitrogens with one attached hydrogen (secondary N) is 1. The SMILES string of the molecule is CCCn1nccc1NC(=O)N1CCOC(c2nnc(C(C)C)o2)C1. The van der Waals surface area contributed by atoms with Gasteiger partial charge in [-0.1, -0.05) is 20.8 Å². The maximum Gasteiger partial charge on any atom is 0.323 e. The monoisotopic (exact) mass is 348 g/mol. The third-order valence-corrected chi connectivity index (χ3v) is 3.97. The van der Waals surface area contributed by atoms with Crippen LogP contribution in [0.2, 0.25) is 0 Å². The van der Waals surface area contributed by atoms with Crippen LogP contribution in [0.5, 0.6) is 0 Å². The Morgan fingerprint density at radius 1 is 1.44 bits per heavy atom. The highest BCUT2D eigenvalue weighted by Crippen LogP contribution is 2.23.